The summed E-state index contributed by atoms with van der Waals surface area (Å²) in [5.41, 5.74) is 5.99. The minimum atomic E-state index is 0.499. The molecule has 3 fully saturated rings. The van der Waals surface area contributed by atoms with Gasteiger partial charge in [-0.3, -0.25) is 0 Å². The molecule has 2 saturated carbocycles. The van der Waals surface area contributed by atoms with E-state index in [0.29, 0.717) is 6.04 Å². The highest BCUT2D eigenvalue weighted by Crippen LogP contribution is 2.38. The van der Waals surface area contributed by atoms with Crippen LogP contribution in [0.15, 0.2) is 0 Å². The Kier molecular flexibility index (Phi) is 3.72. The normalized spacial score (nSPS) is 37.2. The summed E-state index contributed by atoms with van der Waals surface area (Å²) in [6.45, 7) is 2.74. The van der Waals surface area contributed by atoms with E-state index in [4.69, 9.17) is 5.73 Å². The summed E-state index contributed by atoms with van der Waals surface area (Å²) in [7, 11) is 0. The second kappa shape index (κ2) is 5.27. The molecule has 0 atom stereocenters. The quantitative estimate of drug-likeness (QED) is 0.816. The molecule has 1 aliphatic heterocycles. The van der Waals surface area contributed by atoms with Gasteiger partial charge in [0.1, 0.15) is 0 Å². The Bertz CT molecular complexity index is 233. The molecule has 0 amide bonds. The molecule has 2 N–H and O–H groups in total. The first kappa shape index (κ1) is 12.0. The fourth-order valence-electron chi connectivity index (χ4n) is 3.85. The Labute approximate surface area is 106 Å². The van der Waals surface area contributed by atoms with Gasteiger partial charge < -0.3 is 10.6 Å². The number of hydrogen-bond donors (Lipinski definition) is 1. The average molecular weight is 236 g/mol. The maximum Gasteiger partial charge on any atom is 0.00964 e. The van der Waals surface area contributed by atoms with Crippen LogP contribution in [0.4, 0.5) is 0 Å². The standard InChI is InChI=1S/C15H28N2/c16-14-3-5-15(6-4-14)17-9-7-13(8-10-17)11-12-1-2-12/h12-15H,1-11,16H2/t14-,15+. The third-order valence-corrected chi connectivity index (χ3v) is 5.27. The SMILES string of the molecule is N[C@H]1CC[C@@H](N2CCC(CC3CC3)CC2)CC1. The van der Waals surface area contributed by atoms with E-state index in [1.807, 2.05) is 0 Å². The van der Waals surface area contributed by atoms with Crippen molar-refractivity contribution in [3.05, 3.63) is 0 Å². The molecule has 2 aliphatic carbocycles. The number of rotatable bonds is 3. The summed E-state index contributed by atoms with van der Waals surface area (Å²) in [5.74, 6) is 2.18. The fourth-order valence-corrected chi connectivity index (χ4v) is 3.85. The van der Waals surface area contributed by atoms with E-state index >= 15 is 0 Å². The molecule has 0 aromatic rings. The number of nitrogens with two attached hydrogens (primary N) is 1. The molecule has 3 aliphatic rings. The van der Waals surface area contributed by atoms with Crippen molar-refractivity contribution in [2.75, 3.05) is 13.1 Å². The number of hydrogen-bond acceptors (Lipinski definition) is 2. The predicted molar refractivity (Wildman–Crippen MR) is 71.9 cm³/mol. The van der Waals surface area contributed by atoms with Crippen molar-refractivity contribution in [1.82, 2.24) is 4.90 Å². The zero-order chi connectivity index (χ0) is 11.7. The minimum absolute atomic E-state index is 0.499. The van der Waals surface area contributed by atoms with Gasteiger partial charge in [0, 0.05) is 12.1 Å². The summed E-state index contributed by atoms with van der Waals surface area (Å²) in [6.07, 6.45) is 12.8. The topological polar surface area (TPSA) is 29.3 Å². The van der Waals surface area contributed by atoms with Gasteiger partial charge in [-0.2, -0.15) is 0 Å². The van der Waals surface area contributed by atoms with Gasteiger partial charge in [-0.05, 0) is 69.9 Å². The number of piperidine rings is 1. The van der Waals surface area contributed by atoms with Gasteiger partial charge in [0.15, 0.2) is 0 Å². The Hall–Kier alpha value is -0.0800. The van der Waals surface area contributed by atoms with Gasteiger partial charge in [-0.1, -0.05) is 12.8 Å². The first-order valence-electron chi connectivity index (χ1n) is 7.81. The molecule has 0 unspecified atom stereocenters. The summed E-state index contributed by atoms with van der Waals surface area (Å²) in [4.78, 5) is 2.77. The van der Waals surface area contributed by atoms with Crippen LogP contribution in [0.1, 0.15) is 57.8 Å². The van der Waals surface area contributed by atoms with Crippen LogP contribution in [0.3, 0.4) is 0 Å². The van der Waals surface area contributed by atoms with Crippen LogP contribution >= 0.6 is 0 Å². The van der Waals surface area contributed by atoms with Crippen LogP contribution in [0, 0.1) is 11.8 Å². The average Bonchev–Trinajstić information content (AvgIpc) is 3.15. The predicted octanol–water partition coefficient (Wildman–Crippen LogP) is 2.77. The second-order valence-electron chi connectivity index (χ2n) is 6.73. The maximum atomic E-state index is 5.99. The van der Waals surface area contributed by atoms with E-state index in [9.17, 15) is 0 Å². The summed E-state index contributed by atoms with van der Waals surface area (Å²) in [6, 6.07) is 1.37. The van der Waals surface area contributed by atoms with Gasteiger partial charge in [-0.25, -0.2) is 0 Å². The van der Waals surface area contributed by atoms with Crippen LogP contribution in [0.25, 0.3) is 0 Å². The first-order valence-corrected chi connectivity index (χ1v) is 7.81. The van der Waals surface area contributed by atoms with E-state index in [-0.39, 0.29) is 0 Å². The molecule has 0 bridgehead atoms. The zero-order valence-corrected chi connectivity index (χ0v) is 11.1. The summed E-state index contributed by atoms with van der Waals surface area (Å²) >= 11 is 0. The van der Waals surface area contributed by atoms with Crippen molar-refractivity contribution in [3.8, 4) is 0 Å². The van der Waals surface area contributed by atoms with Crippen molar-refractivity contribution in [2.24, 2.45) is 17.6 Å². The smallest absolute Gasteiger partial charge is 0.00964 e. The monoisotopic (exact) mass is 236 g/mol. The second-order valence-corrected chi connectivity index (χ2v) is 6.73. The Morgan fingerprint density at radius 3 is 1.94 bits per heavy atom. The molecule has 3 rings (SSSR count). The summed E-state index contributed by atoms with van der Waals surface area (Å²) in [5, 5.41) is 0. The molecule has 1 saturated heterocycles. The lowest BCUT2D eigenvalue weighted by Crippen LogP contribution is -2.44. The molecular formula is C15H28N2. The molecule has 0 aromatic carbocycles. The van der Waals surface area contributed by atoms with Crippen molar-refractivity contribution in [3.63, 3.8) is 0 Å². The van der Waals surface area contributed by atoms with E-state index < -0.39 is 0 Å². The Balaban J connectivity index is 1.41. The fraction of sp³-hybridized carbons (Fsp3) is 1.00. The van der Waals surface area contributed by atoms with Crippen molar-refractivity contribution < 1.29 is 0 Å². The Morgan fingerprint density at radius 1 is 0.765 bits per heavy atom. The molecule has 0 radical (unpaired) electrons. The molecule has 2 nitrogen and oxygen atoms in total. The maximum absolute atomic E-state index is 5.99. The summed E-state index contributed by atoms with van der Waals surface area (Å²) < 4.78 is 0. The molecule has 0 aromatic heterocycles. The van der Waals surface area contributed by atoms with Crippen LogP contribution in [-0.2, 0) is 0 Å². The van der Waals surface area contributed by atoms with Gasteiger partial charge in [-0.15, -0.1) is 0 Å². The Morgan fingerprint density at radius 2 is 1.35 bits per heavy atom. The number of nitrogens with zero attached hydrogens (tertiary/aromatic N) is 1. The first-order chi connectivity index (χ1) is 8.31. The van der Waals surface area contributed by atoms with Gasteiger partial charge >= 0.3 is 0 Å². The van der Waals surface area contributed by atoms with Crippen molar-refractivity contribution >= 4 is 0 Å². The van der Waals surface area contributed by atoms with Crippen LogP contribution in [0.2, 0.25) is 0 Å². The van der Waals surface area contributed by atoms with Crippen molar-refractivity contribution in [1.29, 1.82) is 0 Å². The third kappa shape index (κ3) is 3.23. The van der Waals surface area contributed by atoms with Crippen LogP contribution in [0.5, 0.6) is 0 Å². The molecule has 98 valence electrons. The van der Waals surface area contributed by atoms with E-state index in [1.165, 1.54) is 64.5 Å². The van der Waals surface area contributed by atoms with Crippen LogP contribution in [-0.4, -0.2) is 30.1 Å². The third-order valence-electron chi connectivity index (χ3n) is 5.27. The van der Waals surface area contributed by atoms with Crippen LogP contribution < -0.4 is 5.73 Å². The van der Waals surface area contributed by atoms with E-state index in [1.54, 1.807) is 6.42 Å². The number of likely N-dealkylation sites (tertiary alicyclic amines) is 1. The highest BCUT2D eigenvalue weighted by molar-refractivity contribution is 4.85. The molecule has 0 spiro atoms. The van der Waals surface area contributed by atoms with Gasteiger partial charge in [0.2, 0.25) is 0 Å². The van der Waals surface area contributed by atoms with E-state index in [2.05, 4.69) is 4.90 Å². The minimum Gasteiger partial charge on any atom is -0.328 e. The molecule has 2 heteroatoms. The molecule has 1 heterocycles. The van der Waals surface area contributed by atoms with Crippen molar-refractivity contribution in [2.45, 2.75) is 69.9 Å². The highest BCUT2D eigenvalue weighted by Gasteiger charge is 2.31. The molecular weight excluding hydrogens is 208 g/mol. The lowest BCUT2D eigenvalue weighted by atomic mass is 9.86. The highest BCUT2D eigenvalue weighted by atomic mass is 15.2. The van der Waals surface area contributed by atoms with E-state index in [0.717, 1.165) is 17.9 Å². The zero-order valence-electron chi connectivity index (χ0n) is 11.1. The molecule has 17 heavy (non-hydrogen) atoms. The van der Waals surface area contributed by atoms with Gasteiger partial charge in [0.05, 0.1) is 0 Å². The van der Waals surface area contributed by atoms with Gasteiger partial charge in [0.25, 0.3) is 0 Å². The lowest BCUT2D eigenvalue weighted by molar-refractivity contribution is 0.0991. The lowest BCUT2D eigenvalue weighted by Gasteiger charge is -2.40. The largest absolute Gasteiger partial charge is 0.328 e.